The molecule has 0 aromatic carbocycles. The van der Waals surface area contributed by atoms with E-state index in [0.717, 1.165) is 19.0 Å². The number of carbonyl (C=O) groups is 1. The van der Waals surface area contributed by atoms with Crippen LogP contribution in [0.15, 0.2) is 4.99 Å². The lowest BCUT2D eigenvalue weighted by atomic mass is 10.1. The molecule has 1 amide bonds. The number of nitrogens with zero attached hydrogens (tertiary/aromatic N) is 2. The van der Waals surface area contributed by atoms with Gasteiger partial charge in [0.05, 0.1) is 0 Å². The predicted molar refractivity (Wildman–Crippen MR) is 108 cm³/mol. The molecule has 0 saturated heterocycles. The number of guanidine groups is 1. The van der Waals surface area contributed by atoms with Crippen LogP contribution in [-0.2, 0) is 4.74 Å². The van der Waals surface area contributed by atoms with Crippen molar-refractivity contribution < 1.29 is 9.53 Å². The third-order valence-corrected chi connectivity index (χ3v) is 2.81. The third-order valence-electron chi connectivity index (χ3n) is 2.81. The lowest BCUT2D eigenvalue weighted by Gasteiger charge is -2.26. The van der Waals surface area contributed by atoms with Crippen molar-refractivity contribution in [2.75, 3.05) is 33.7 Å². The van der Waals surface area contributed by atoms with Crippen LogP contribution in [-0.4, -0.2) is 56.3 Å². The van der Waals surface area contributed by atoms with Gasteiger partial charge in [0.1, 0.15) is 5.60 Å². The van der Waals surface area contributed by atoms with Crippen molar-refractivity contribution in [3.8, 4) is 0 Å². The van der Waals surface area contributed by atoms with Gasteiger partial charge in [0.15, 0.2) is 5.96 Å². The van der Waals surface area contributed by atoms with Gasteiger partial charge in [0.25, 0.3) is 0 Å². The Hall–Kier alpha value is -0.730. The fraction of sp³-hybridized carbons (Fsp3) is 0.875. The summed E-state index contributed by atoms with van der Waals surface area (Å²) in [6.45, 7) is 14.2. The summed E-state index contributed by atoms with van der Waals surface area (Å²) in [5.74, 6) is 1.64. The Balaban J connectivity index is 0. The van der Waals surface area contributed by atoms with Gasteiger partial charge < -0.3 is 20.3 Å². The summed E-state index contributed by atoms with van der Waals surface area (Å²) >= 11 is 0. The van der Waals surface area contributed by atoms with Gasteiger partial charge in [-0.1, -0.05) is 20.8 Å². The van der Waals surface area contributed by atoms with Crippen LogP contribution in [0.2, 0.25) is 0 Å². The summed E-state index contributed by atoms with van der Waals surface area (Å²) in [4.78, 5) is 17.7. The van der Waals surface area contributed by atoms with Crippen molar-refractivity contribution in [1.82, 2.24) is 15.5 Å². The normalized spacial score (nSPS) is 13.2. The molecule has 7 heteroatoms. The van der Waals surface area contributed by atoms with Crippen molar-refractivity contribution in [3.63, 3.8) is 0 Å². The van der Waals surface area contributed by atoms with Crippen LogP contribution in [0.5, 0.6) is 0 Å². The van der Waals surface area contributed by atoms with Crippen molar-refractivity contribution in [2.45, 2.75) is 47.1 Å². The molecule has 2 N–H and O–H groups in total. The molecule has 1 unspecified atom stereocenters. The zero-order valence-electron chi connectivity index (χ0n) is 15.9. The summed E-state index contributed by atoms with van der Waals surface area (Å²) in [5, 5.41) is 6.54. The van der Waals surface area contributed by atoms with Crippen LogP contribution in [0.3, 0.4) is 0 Å². The molecule has 0 fully saturated rings. The van der Waals surface area contributed by atoms with E-state index in [9.17, 15) is 4.79 Å². The van der Waals surface area contributed by atoms with Crippen LogP contribution < -0.4 is 10.6 Å². The highest BCUT2D eigenvalue weighted by atomic mass is 127. The maximum absolute atomic E-state index is 11.9. The molecule has 0 rings (SSSR count). The second-order valence-electron chi connectivity index (χ2n) is 7.19. The number of hydrogen-bond donors (Lipinski definition) is 2. The Kier molecular flexibility index (Phi) is 12.5. The molecule has 23 heavy (non-hydrogen) atoms. The number of hydrogen-bond acceptors (Lipinski definition) is 3. The Morgan fingerprint density at radius 1 is 1.17 bits per heavy atom. The minimum absolute atomic E-state index is 0. The highest BCUT2D eigenvalue weighted by Crippen LogP contribution is 2.10. The largest absolute Gasteiger partial charge is 0.444 e. The quantitative estimate of drug-likeness (QED) is 0.377. The van der Waals surface area contributed by atoms with Crippen LogP contribution in [0.25, 0.3) is 0 Å². The number of amides is 1. The molecular formula is C16H35IN4O2. The van der Waals surface area contributed by atoms with Gasteiger partial charge in [-0.05, 0) is 32.6 Å². The first-order valence-electron chi connectivity index (χ1n) is 7.93. The predicted octanol–water partition coefficient (Wildman–Crippen LogP) is 2.93. The van der Waals surface area contributed by atoms with E-state index >= 15 is 0 Å². The summed E-state index contributed by atoms with van der Waals surface area (Å²) < 4.78 is 5.34. The van der Waals surface area contributed by atoms with Gasteiger partial charge in [-0.15, -0.1) is 24.0 Å². The molecule has 0 spiro atoms. The maximum atomic E-state index is 11.9. The Morgan fingerprint density at radius 3 is 2.13 bits per heavy atom. The molecule has 0 aliphatic heterocycles. The molecule has 6 nitrogen and oxygen atoms in total. The Bertz CT molecular complexity index is 368. The molecule has 0 heterocycles. The van der Waals surface area contributed by atoms with Gasteiger partial charge in [-0.3, -0.25) is 4.99 Å². The minimum Gasteiger partial charge on any atom is -0.444 e. The van der Waals surface area contributed by atoms with Crippen molar-refractivity contribution >= 4 is 36.0 Å². The summed E-state index contributed by atoms with van der Waals surface area (Å²) in [6, 6.07) is 0. The summed E-state index contributed by atoms with van der Waals surface area (Å²) in [7, 11) is 3.52. The van der Waals surface area contributed by atoms with E-state index in [1.54, 1.807) is 19.0 Å². The number of halogens is 1. The molecule has 138 valence electrons. The van der Waals surface area contributed by atoms with Crippen molar-refractivity contribution in [2.24, 2.45) is 16.8 Å². The van der Waals surface area contributed by atoms with E-state index in [0.29, 0.717) is 12.5 Å². The first kappa shape index (κ1) is 24.5. The molecule has 0 aliphatic carbocycles. The first-order valence-corrected chi connectivity index (χ1v) is 7.93. The monoisotopic (exact) mass is 442 g/mol. The topological polar surface area (TPSA) is 66.0 Å². The van der Waals surface area contributed by atoms with Gasteiger partial charge in [-0.2, -0.15) is 0 Å². The smallest absolute Gasteiger partial charge is 0.410 e. The molecule has 0 aromatic rings. The van der Waals surface area contributed by atoms with Gasteiger partial charge in [-0.25, -0.2) is 4.79 Å². The third kappa shape index (κ3) is 13.4. The zero-order chi connectivity index (χ0) is 17.3. The molecular weight excluding hydrogens is 407 g/mol. The van der Waals surface area contributed by atoms with E-state index in [1.165, 1.54) is 0 Å². The van der Waals surface area contributed by atoms with Crippen molar-refractivity contribution in [3.05, 3.63) is 0 Å². The molecule has 0 radical (unpaired) electrons. The van der Waals surface area contributed by atoms with Crippen LogP contribution in [0.1, 0.15) is 41.5 Å². The minimum atomic E-state index is -0.463. The molecule has 0 saturated carbocycles. The van der Waals surface area contributed by atoms with E-state index in [4.69, 9.17) is 4.74 Å². The number of rotatable bonds is 6. The molecule has 0 aromatic heterocycles. The SMILES string of the molecule is CN=C(NCC(C)C)NCC(C)CN(C)C(=O)OC(C)(C)C.I. The van der Waals surface area contributed by atoms with Crippen molar-refractivity contribution in [1.29, 1.82) is 0 Å². The number of aliphatic imine (C=N–C) groups is 1. The highest BCUT2D eigenvalue weighted by Gasteiger charge is 2.20. The summed E-state index contributed by atoms with van der Waals surface area (Å²) in [5.41, 5.74) is -0.463. The standard InChI is InChI=1S/C16H34N4O2.HI/c1-12(2)9-18-14(17-7)19-10-13(3)11-20(8)15(21)22-16(4,5)6;/h12-13H,9-11H2,1-8H3,(H2,17,18,19);1H. The van der Waals surface area contributed by atoms with Gasteiger partial charge >= 0.3 is 6.09 Å². The molecule has 0 aliphatic rings. The Labute approximate surface area is 158 Å². The highest BCUT2D eigenvalue weighted by molar-refractivity contribution is 14.0. The zero-order valence-corrected chi connectivity index (χ0v) is 18.2. The first-order chi connectivity index (χ1) is 10.0. The lowest BCUT2D eigenvalue weighted by Crippen LogP contribution is -2.43. The second kappa shape index (κ2) is 11.8. The fourth-order valence-electron chi connectivity index (χ4n) is 1.74. The molecule has 0 bridgehead atoms. The summed E-state index contributed by atoms with van der Waals surface area (Å²) in [6.07, 6.45) is -0.290. The van der Waals surface area contributed by atoms with Crippen LogP contribution in [0.4, 0.5) is 4.79 Å². The fourth-order valence-corrected chi connectivity index (χ4v) is 1.74. The van der Waals surface area contributed by atoms with Gasteiger partial charge in [0.2, 0.25) is 0 Å². The van der Waals surface area contributed by atoms with E-state index in [2.05, 4.69) is 36.4 Å². The van der Waals surface area contributed by atoms with Crippen LogP contribution in [0, 0.1) is 11.8 Å². The van der Waals surface area contributed by atoms with Crippen LogP contribution >= 0.6 is 24.0 Å². The average Bonchev–Trinajstić information content (AvgIpc) is 2.36. The van der Waals surface area contributed by atoms with E-state index in [-0.39, 0.29) is 36.0 Å². The number of nitrogens with one attached hydrogen (secondary N) is 2. The molecule has 1 atom stereocenters. The average molecular weight is 442 g/mol. The Morgan fingerprint density at radius 2 is 1.70 bits per heavy atom. The number of carbonyl (C=O) groups excluding carboxylic acids is 1. The van der Waals surface area contributed by atoms with E-state index < -0.39 is 5.60 Å². The maximum Gasteiger partial charge on any atom is 0.410 e. The second-order valence-corrected chi connectivity index (χ2v) is 7.19. The van der Waals surface area contributed by atoms with E-state index in [1.807, 2.05) is 20.8 Å². The lowest BCUT2D eigenvalue weighted by molar-refractivity contribution is 0.0278. The number of ether oxygens (including phenoxy) is 1. The van der Waals surface area contributed by atoms with Gasteiger partial charge in [0, 0.05) is 33.7 Å².